The van der Waals surface area contributed by atoms with Gasteiger partial charge in [-0.05, 0) is 24.6 Å². The summed E-state index contributed by atoms with van der Waals surface area (Å²) in [7, 11) is 0. The van der Waals surface area contributed by atoms with Gasteiger partial charge in [-0.15, -0.1) is 10.2 Å². The average molecular weight is 293 g/mol. The highest BCUT2D eigenvalue weighted by Gasteiger charge is 2.21. The molecule has 19 heavy (non-hydrogen) atoms. The first-order chi connectivity index (χ1) is 9.20. The third-order valence-electron chi connectivity index (χ3n) is 3.12. The first-order valence-electron chi connectivity index (χ1n) is 6.22. The highest BCUT2D eigenvalue weighted by Crippen LogP contribution is 2.25. The van der Waals surface area contributed by atoms with Crippen molar-refractivity contribution >= 4 is 28.8 Å². The van der Waals surface area contributed by atoms with Crippen molar-refractivity contribution in [3.63, 3.8) is 0 Å². The number of hydrogen-bond acceptors (Lipinski definition) is 3. The van der Waals surface area contributed by atoms with Crippen molar-refractivity contribution in [2.45, 2.75) is 26.3 Å². The molecule has 2 aromatic rings. The number of nitrogens with zero attached hydrogens (tertiary/aromatic N) is 3. The smallest absolute Gasteiger partial charge is 0.157 e. The number of rotatable bonds is 2. The van der Waals surface area contributed by atoms with E-state index in [4.69, 9.17) is 23.8 Å². The van der Waals surface area contributed by atoms with E-state index < -0.39 is 0 Å². The molecule has 0 saturated heterocycles. The largest absolute Gasteiger partial charge is 0.368 e. The van der Waals surface area contributed by atoms with E-state index in [1.54, 1.807) is 0 Å². The van der Waals surface area contributed by atoms with Gasteiger partial charge < -0.3 is 5.32 Å². The second kappa shape index (κ2) is 4.90. The van der Waals surface area contributed by atoms with Crippen molar-refractivity contribution in [3.05, 3.63) is 40.4 Å². The van der Waals surface area contributed by atoms with E-state index in [1.165, 1.54) is 0 Å². The van der Waals surface area contributed by atoms with Gasteiger partial charge in [0.2, 0.25) is 0 Å². The predicted molar refractivity (Wildman–Crippen MR) is 78.9 cm³/mol. The molecule has 4 nitrogen and oxygen atoms in total. The Hall–Kier alpha value is -1.46. The number of aromatic nitrogens is 3. The van der Waals surface area contributed by atoms with Gasteiger partial charge in [-0.3, -0.25) is 4.57 Å². The molecule has 6 heteroatoms. The summed E-state index contributed by atoms with van der Waals surface area (Å²) in [6.07, 6.45) is 1.92. The fraction of sp³-hybridized carbons (Fsp3) is 0.308. The van der Waals surface area contributed by atoms with Crippen LogP contribution in [0.5, 0.6) is 0 Å². The highest BCUT2D eigenvalue weighted by atomic mass is 35.5. The Labute approximate surface area is 121 Å². The molecule has 0 atom stereocenters. The van der Waals surface area contributed by atoms with Crippen LogP contribution in [0.1, 0.15) is 30.6 Å². The third-order valence-corrected chi connectivity index (χ3v) is 3.72. The summed E-state index contributed by atoms with van der Waals surface area (Å²) < 4.78 is 2.08. The second-order valence-electron chi connectivity index (χ2n) is 4.46. The van der Waals surface area contributed by atoms with Crippen molar-refractivity contribution in [2.24, 2.45) is 0 Å². The number of hydrogen-bond donors (Lipinski definition) is 1. The number of aryl methyl sites for hydroxylation is 1. The zero-order valence-electron chi connectivity index (χ0n) is 10.5. The van der Waals surface area contributed by atoms with Gasteiger partial charge >= 0.3 is 0 Å². The van der Waals surface area contributed by atoms with Crippen molar-refractivity contribution in [3.8, 4) is 5.69 Å². The number of halogens is 1. The summed E-state index contributed by atoms with van der Waals surface area (Å²) in [5.74, 6) is 1.85. The van der Waals surface area contributed by atoms with Gasteiger partial charge in [0.25, 0.3) is 0 Å². The molecule has 1 aromatic carbocycles. The second-order valence-corrected chi connectivity index (χ2v) is 5.31. The summed E-state index contributed by atoms with van der Waals surface area (Å²) in [5, 5.41) is 12.4. The minimum absolute atomic E-state index is 0.585. The van der Waals surface area contributed by atoms with E-state index in [0.717, 1.165) is 35.7 Å². The molecule has 0 bridgehead atoms. The molecule has 1 N–H and O–H groups in total. The molecule has 1 aromatic heterocycles. The van der Waals surface area contributed by atoms with Crippen LogP contribution in [-0.2, 0) is 13.0 Å². The molecule has 0 saturated carbocycles. The molecule has 0 unspecified atom stereocenters. The topological polar surface area (TPSA) is 42.7 Å². The summed E-state index contributed by atoms with van der Waals surface area (Å²) in [4.78, 5) is 0.699. The van der Waals surface area contributed by atoms with Crippen LogP contribution in [0.3, 0.4) is 0 Å². The molecule has 0 radical (unpaired) electrons. The lowest BCUT2D eigenvalue weighted by atomic mass is 10.1. The van der Waals surface area contributed by atoms with E-state index in [2.05, 4.69) is 27.0 Å². The maximum Gasteiger partial charge on any atom is 0.157 e. The van der Waals surface area contributed by atoms with Crippen LogP contribution in [0.25, 0.3) is 5.69 Å². The fourth-order valence-electron chi connectivity index (χ4n) is 2.27. The first-order valence-corrected chi connectivity index (χ1v) is 7.00. The highest BCUT2D eigenvalue weighted by molar-refractivity contribution is 7.80. The SMILES string of the molecule is CCCc1nnc2n1-c1ccc(Cl)cc1C(=S)NC2. The Bertz CT molecular complexity index is 650. The maximum atomic E-state index is 6.07. The van der Waals surface area contributed by atoms with Crippen LogP contribution < -0.4 is 5.32 Å². The molecule has 0 amide bonds. The Morgan fingerprint density at radius 1 is 1.42 bits per heavy atom. The number of fused-ring (bicyclic) bond motifs is 3. The van der Waals surface area contributed by atoms with Crippen LogP contribution in [0.4, 0.5) is 0 Å². The Kier molecular flexibility index (Phi) is 3.24. The monoisotopic (exact) mass is 292 g/mol. The normalized spacial score (nSPS) is 13.5. The van der Waals surface area contributed by atoms with Gasteiger partial charge in [-0.1, -0.05) is 30.7 Å². The summed E-state index contributed by atoms with van der Waals surface area (Å²) in [6, 6.07) is 5.73. The Balaban J connectivity index is 2.24. The molecular weight excluding hydrogens is 280 g/mol. The van der Waals surface area contributed by atoms with Gasteiger partial charge in [0.05, 0.1) is 12.2 Å². The Morgan fingerprint density at radius 3 is 3.05 bits per heavy atom. The summed E-state index contributed by atoms with van der Waals surface area (Å²) in [5.41, 5.74) is 1.93. The lowest BCUT2D eigenvalue weighted by Gasteiger charge is -2.11. The third kappa shape index (κ3) is 2.13. The van der Waals surface area contributed by atoms with Crippen LogP contribution in [0.2, 0.25) is 5.02 Å². The van der Waals surface area contributed by atoms with E-state index >= 15 is 0 Å². The molecular formula is C13H13ClN4S. The van der Waals surface area contributed by atoms with E-state index in [-0.39, 0.29) is 0 Å². The fourth-order valence-corrected chi connectivity index (χ4v) is 2.68. The minimum atomic E-state index is 0.585. The maximum absolute atomic E-state index is 6.07. The zero-order valence-corrected chi connectivity index (χ0v) is 12.1. The first kappa shape index (κ1) is 12.6. The lowest BCUT2D eigenvalue weighted by molar-refractivity contribution is 0.777. The predicted octanol–water partition coefficient (Wildman–Crippen LogP) is 2.65. The number of nitrogens with one attached hydrogen (secondary N) is 1. The van der Waals surface area contributed by atoms with Crippen LogP contribution in [0, 0.1) is 0 Å². The molecule has 98 valence electrons. The molecule has 0 aliphatic carbocycles. The van der Waals surface area contributed by atoms with Crippen molar-refractivity contribution in [2.75, 3.05) is 0 Å². The minimum Gasteiger partial charge on any atom is -0.368 e. The van der Waals surface area contributed by atoms with E-state index in [1.807, 2.05) is 18.2 Å². The van der Waals surface area contributed by atoms with Gasteiger partial charge in [0.1, 0.15) is 10.8 Å². The van der Waals surface area contributed by atoms with Gasteiger partial charge in [-0.25, -0.2) is 0 Å². The molecule has 2 heterocycles. The van der Waals surface area contributed by atoms with Crippen LogP contribution in [-0.4, -0.2) is 19.8 Å². The molecule has 0 spiro atoms. The van der Waals surface area contributed by atoms with Gasteiger partial charge in [-0.2, -0.15) is 0 Å². The lowest BCUT2D eigenvalue weighted by Crippen LogP contribution is -2.20. The van der Waals surface area contributed by atoms with Crippen molar-refractivity contribution in [1.82, 2.24) is 20.1 Å². The Morgan fingerprint density at radius 2 is 2.26 bits per heavy atom. The molecule has 0 fully saturated rings. The van der Waals surface area contributed by atoms with Crippen molar-refractivity contribution < 1.29 is 0 Å². The number of benzene rings is 1. The van der Waals surface area contributed by atoms with E-state index in [9.17, 15) is 0 Å². The summed E-state index contributed by atoms with van der Waals surface area (Å²) >= 11 is 11.5. The molecule has 3 rings (SSSR count). The van der Waals surface area contributed by atoms with Gasteiger partial charge in [0.15, 0.2) is 5.82 Å². The van der Waals surface area contributed by atoms with Crippen LogP contribution >= 0.6 is 23.8 Å². The van der Waals surface area contributed by atoms with E-state index in [0.29, 0.717) is 16.6 Å². The molecule has 1 aliphatic rings. The van der Waals surface area contributed by atoms with Gasteiger partial charge in [0, 0.05) is 17.0 Å². The zero-order chi connectivity index (χ0) is 13.4. The van der Waals surface area contributed by atoms with Crippen molar-refractivity contribution in [1.29, 1.82) is 0 Å². The standard InChI is InChI=1S/C13H13ClN4S/c1-2-3-11-16-17-12-7-15-13(19)9-6-8(14)4-5-10(9)18(11)12/h4-6H,2-3,7H2,1H3,(H,15,19). The quantitative estimate of drug-likeness (QED) is 0.864. The molecule has 1 aliphatic heterocycles. The summed E-state index contributed by atoms with van der Waals surface area (Å²) in [6.45, 7) is 2.71. The average Bonchev–Trinajstić information content (AvgIpc) is 2.73. The number of thiocarbonyl (C=S) groups is 1. The van der Waals surface area contributed by atoms with Crippen LogP contribution in [0.15, 0.2) is 18.2 Å².